The molecule has 1 atom stereocenters. The fourth-order valence-corrected chi connectivity index (χ4v) is 2.29. The SMILES string of the molecule is NC(C(=O)Nc1ccc(OCC(F)(F)C(F)F)nc1)C1CCOCC1. The van der Waals surface area contributed by atoms with E-state index in [2.05, 4.69) is 15.0 Å². The van der Waals surface area contributed by atoms with Crippen LogP contribution in [-0.2, 0) is 9.53 Å². The summed E-state index contributed by atoms with van der Waals surface area (Å²) in [4.78, 5) is 15.8. The van der Waals surface area contributed by atoms with Gasteiger partial charge in [-0.3, -0.25) is 4.79 Å². The number of hydrogen-bond donors (Lipinski definition) is 2. The van der Waals surface area contributed by atoms with Gasteiger partial charge in [0.1, 0.15) is 0 Å². The Balaban J connectivity index is 1.86. The van der Waals surface area contributed by atoms with Gasteiger partial charge >= 0.3 is 12.3 Å². The van der Waals surface area contributed by atoms with Crippen molar-refractivity contribution in [2.45, 2.75) is 31.2 Å². The molecule has 0 spiro atoms. The molecule has 1 fully saturated rings. The summed E-state index contributed by atoms with van der Waals surface area (Å²) in [7, 11) is 0. The molecule has 0 radical (unpaired) electrons. The summed E-state index contributed by atoms with van der Waals surface area (Å²) in [5.41, 5.74) is 6.22. The lowest BCUT2D eigenvalue weighted by Gasteiger charge is -2.26. The van der Waals surface area contributed by atoms with Crippen LogP contribution in [0.15, 0.2) is 18.3 Å². The van der Waals surface area contributed by atoms with E-state index in [4.69, 9.17) is 10.5 Å². The first-order valence-electron chi connectivity index (χ1n) is 7.68. The highest BCUT2D eigenvalue weighted by molar-refractivity contribution is 5.94. The Morgan fingerprint density at radius 1 is 1.40 bits per heavy atom. The van der Waals surface area contributed by atoms with Crippen molar-refractivity contribution in [3.05, 3.63) is 18.3 Å². The number of nitrogens with two attached hydrogens (primary N) is 1. The lowest BCUT2D eigenvalue weighted by atomic mass is 9.92. The number of amides is 1. The largest absolute Gasteiger partial charge is 0.471 e. The van der Waals surface area contributed by atoms with Crippen LogP contribution in [0.3, 0.4) is 0 Å². The van der Waals surface area contributed by atoms with Crippen molar-refractivity contribution in [2.24, 2.45) is 11.7 Å². The van der Waals surface area contributed by atoms with Crippen LogP contribution in [0.1, 0.15) is 12.8 Å². The molecule has 6 nitrogen and oxygen atoms in total. The number of pyridine rings is 1. The minimum Gasteiger partial charge on any atom is -0.471 e. The van der Waals surface area contributed by atoms with Gasteiger partial charge in [0, 0.05) is 19.3 Å². The molecule has 140 valence electrons. The second-order valence-electron chi connectivity index (χ2n) is 5.70. The molecule has 2 heterocycles. The number of carbonyl (C=O) groups excluding carboxylic acids is 1. The Morgan fingerprint density at radius 2 is 2.08 bits per heavy atom. The van der Waals surface area contributed by atoms with Crippen LogP contribution in [-0.4, -0.2) is 49.1 Å². The molecule has 3 N–H and O–H groups in total. The maximum atomic E-state index is 12.8. The standard InChI is InChI=1S/C15H19F4N3O3/c16-14(17)15(18,19)8-25-11-2-1-10(7-21-11)22-13(23)12(20)9-3-5-24-6-4-9/h1-2,7,9,12,14H,3-6,8,20H2,(H,22,23). The molecule has 1 aliphatic rings. The summed E-state index contributed by atoms with van der Waals surface area (Å²) in [6.07, 6.45) is -1.27. The fourth-order valence-electron chi connectivity index (χ4n) is 2.29. The Labute approximate surface area is 141 Å². The van der Waals surface area contributed by atoms with Gasteiger partial charge in [0.25, 0.3) is 0 Å². The lowest BCUT2D eigenvalue weighted by Crippen LogP contribution is -2.44. The van der Waals surface area contributed by atoms with Crippen molar-refractivity contribution < 1.29 is 31.8 Å². The monoisotopic (exact) mass is 365 g/mol. The molecule has 0 saturated carbocycles. The van der Waals surface area contributed by atoms with Crippen LogP contribution in [0.5, 0.6) is 5.88 Å². The number of hydrogen-bond acceptors (Lipinski definition) is 5. The third-order valence-electron chi connectivity index (χ3n) is 3.81. The smallest absolute Gasteiger partial charge is 0.340 e. The van der Waals surface area contributed by atoms with Gasteiger partial charge in [-0.25, -0.2) is 13.8 Å². The van der Waals surface area contributed by atoms with Gasteiger partial charge in [-0.2, -0.15) is 8.78 Å². The molecule has 1 aromatic rings. The van der Waals surface area contributed by atoms with Gasteiger partial charge in [0.2, 0.25) is 11.8 Å². The van der Waals surface area contributed by atoms with Crippen molar-refractivity contribution in [3.8, 4) is 5.88 Å². The first kappa shape index (κ1) is 19.4. The Morgan fingerprint density at radius 3 is 2.64 bits per heavy atom. The van der Waals surface area contributed by atoms with E-state index in [1.54, 1.807) is 0 Å². The van der Waals surface area contributed by atoms with Crippen molar-refractivity contribution in [2.75, 3.05) is 25.1 Å². The summed E-state index contributed by atoms with van der Waals surface area (Å²) < 4.78 is 59.4. The molecule has 1 unspecified atom stereocenters. The number of anilines is 1. The molecular weight excluding hydrogens is 346 g/mol. The van der Waals surface area contributed by atoms with Crippen molar-refractivity contribution in [3.63, 3.8) is 0 Å². The van der Waals surface area contributed by atoms with E-state index >= 15 is 0 Å². The molecular formula is C15H19F4N3O3. The van der Waals surface area contributed by atoms with Crippen LogP contribution in [0, 0.1) is 5.92 Å². The summed E-state index contributed by atoms with van der Waals surface area (Å²) in [6, 6.07) is 1.85. The van der Waals surface area contributed by atoms with E-state index in [1.807, 2.05) is 0 Å². The number of nitrogens with zero attached hydrogens (tertiary/aromatic N) is 1. The summed E-state index contributed by atoms with van der Waals surface area (Å²) in [5, 5.41) is 2.57. The van der Waals surface area contributed by atoms with E-state index in [0.717, 1.165) is 0 Å². The molecule has 25 heavy (non-hydrogen) atoms. The second-order valence-corrected chi connectivity index (χ2v) is 5.70. The minimum absolute atomic E-state index is 0.0147. The average molecular weight is 365 g/mol. The number of carbonyl (C=O) groups is 1. The van der Waals surface area contributed by atoms with Crippen molar-refractivity contribution in [1.29, 1.82) is 0 Å². The predicted molar refractivity (Wildman–Crippen MR) is 80.8 cm³/mol. The lowest BCUT2D eigenvalue weighted by molar-refractivity contribution is -0.148. The van der Waals surface area contributed by atoms with E-state index in [9.17, 15) is 22.4 Å². The number of halogens is 4. The van der Waals surface area contributed by atoms with Gasteiger partial charge in [-0.05, 0) is 24.8 Å². The third kappa shape index (κ3) is 5.53. The Bertz CT molecular complexity index is 566. The Kier molecular flexibility index (Phi) is 6.54. The number of ether oxygens (including phenoxy) is 2. The van der Waals surface area contributed by atoms with E-state index in [0.29, 0.717) is 31.7 Å². The molecule has 1 saturated heterocycles. The quantitative estimate of drug-likeness (QED) is 0.723. The molecule has 1 amide bonds. The van der Waals surface area contributed by atoms with Gasteiger partial charge in [-0.15, -0.1) is 0 Å². The minimum atomic E-state index is -4.26. The van der Waals surface area contributed by atoms with Gasteiger partial charge in [-0.1, -0.05) is 0 Å². The topological polar surface area (TPSA) is 86.5 Å². The zero-order chi connectivity index (χ0) is 18.4. The Hall–Kier alpha value is -1.94. The predicted octanol–water partition coefficient (Wildman–Crippen LogP) is 2.05. The zero-order valence-corrected chi connectivity index (χ0v) is 13.3. The fraction of sp³-hybridized carbons (Fsp3) is 0.600. The molecule has 0 aliphatic carbocycles. The first-order chi connectivity index (χ1) is 11.8. The normalized spacial score (nSPS) is 17.4. The summed E-state index contributed by atoms with van der Waals surface area (Å²) in [5.74, 6) is -4.90. The molecule has 2 rings (SSSR count). The molecule has 1 aromatic heterocycles. The molecule has 1 aliphatic heterocycles. The number of alkyl halides is 4. The van der Waals surface area contributed by atoms with E-state index in [-0.39, 0.29) is 11.8 Å². The second kappa shape index (κ2) is 8.43. The molecule has 0 bridgehead atoms. The summed E-state index contributed by atoms with van der Waals surface area (Å²) >= 11 is 0. The zero-order valence-electron chi connectivity index (χ0n) is 13.3. The number of aromatic nitrogens is 1. The van der Waals surface area contributed by atoms with Gasteiger partial charge in [0.05, 0.1) is 17.9 Å². The average Bonchev–Trinajstić information content (AvgIpc) is 2.61. The third-order valence-corrected chi connectivity index (χ3v) is 3.81. The first-order valence-corrected chi connectivity index (χ1v) is 7.68. The highest BCUT2D eigenvalue weighted by Crippen LogP contribution is 2.24. The van der Waals surface area contributed by atoms with Crippen LogP contribution in [0.4, 0.5) is 23.2 Å². The maximum absolute atomic E-state index is 12.8. The molecule has 10 heteroatoms. The summed E-state index contributed by atoms with van der Waals surface area (Å²) in [6.45, 7) is -0.372. The number of nitrogens with one attached hydrogen (secondary N) is 1. The van der Waals surface area contributed by atoms with Crippen molar-refractivity contribution >= 4 is 11.6 Å². The van der Waals surface area contributed by atoms with Crippen LogP contribution in [0.25, 0.3) is 0 Å². The van der Waals surface area contributed by atoms with Crippen LogP contribution in [0.2, 0.25) is 0 Å². The highest BCUT2D eigenvalue weighted by Gasteiger charge is 2.41. The number of rotatable bonds is 7. The van der Waals surface area contributed by atoms with Crippen molar-refractivity contribution in [1.82, 2.24) is 4.98 Å². The maximum Gasteiger partial charge on any atom is 0.340 e. The van der Waals surface area contributed by atoms with Crippen LogP contribution < -0.4 is 15.8 Å². The molecule has 0 aromatic carbocycles. The highest BCUT2D eigenvalue weighted by atomic mass is 19.3. The van der Waals surface area contributed by atoms with Gasteiger partial charge in [0.15, 0.2) is 6.61 Å². The van der Waals surface area contributed by atoms with Crippen LogP contribution >= 0.6 is 0 Å². The van der Waals surface area contributed by atoms with E-state index in [1.165, 1.54) is 18.3 Å². The van der Waals surface area contributed by atoms with E-state index < -0.39 is 30.9 Å². The van der Waals surface area contributed by atoms with Gasteiger partial charge < -0.3 is 20.5 Å².